The molecular weight excluding hydrogens is 268 g/mol. The molecule has 1 fully saturated rings. The first-order valence-electron chi connectivity index (χ1n) is 7.81. The molecule has 0 aromatic carbocycles. The summed E-state index contributed by atoms with van der Waals surface area (Å²) < 4.78 is 0. The van der Waals surface area contributed by atoms with E-state index < -0.39 is 0 Å². The van der Waals surface area contributed by atoms with Gasteiger partial charge < -0.3 is 5.32 Å². The van der Waals surface area contributed by atoms with Crippen molar-refractivity contribution in [2.45, 2.75) is 45.6 Å². The third-order valence-electron chi connectivity index (χ3n) is 4.28. The Morgan fingerprint density at radius 2 is 2.05 bits per heavy atom. The lowest BCUT2D eigenvalue weighted by Crippen LogP contribution is -2.38. The van der Waals surface area contributed by atoms with Crippen molar-refractivity contribution in [2.75, 3.05) is 19.6 Å². The minimum Gasteiger partial charge on any atom is -0.354 e. The Labute approximate surface area is 126 Å². The molecule has 2 heterocycles. The molecule has 4 heteroatoms. The largest absolute Gasteiger partial charge is 0.354 e. The minimum absolute atomic E-state index is 0.164. The molecule has 1 N–H and O–H groups in total. The molecular formula is C16H26N2OS. The van der Waals surface area contributed by atoms with Crippen molar-refractivity contribution in [1.82, 2.24) is 10.2 Å². The fourth-order valence-corrected chi connectivity index (χ4v) is 3.81. The quantitative estimate of drug-likeness (QED) is 0.835. The number of amides is 1. The van der Waals surface area contributed by atoms with Crippen molar-refractivity contribution < 1.29 is 4.79 Å². The fraction of sp³-hybridized carbons (Fsp3) is 0.688. The summed E-state index contributed by atoms with van der Waals surface area (Å²) in [4.78, 5) is 16.1. The number of nitrogens with one attached hydrogen (secondary N) is 1. The van der Waals surface area contributed by atoms with E-state index in [4.69, 9.17) is 0 Å². The molecule has 0 aliphatic carbocycles. The summed E-state index contributed by atoms with van der Waals surface area (Å²) in [7, 11) is 0. The Hall–Kier alpha value is -0.870. The van der Waals surface area contributed by atoms with Gasteiger partial charge in [-0.2, -0.15) is 0 Å². The molecule has 20 heavy (non-hydrogen) atoms. The Bertz CT molecular complexity index is 395. The van der Waals surface area contributed by atoms with Crippen LogP contribution in [0.4, 0.5) is 0 Å². The van der Waals surface area contributed by atoms with E-state index in [0.29, 0.717) is 6.04 Å². The number of likely N-dealkylation sites (tertiary alicyclic amines) is 1. The second-order valence-corrected chi connectivity index (χ2v) is 6.51. The maximum atomic E-state index is 12.2. The van der Waals surface area contributed by atoms with E-state index in [1.54, 1.807) is 11.3 Å². The maximum Gasteiger partial charge on any atom is 0.223 e. The normalized spacial score (nSPS) is 17.6. The molecule has 1 aromatic rings. The van der Waals surface area contributed by atoms with Crippen LogP contribution in [0.3, 0.4) is 0 Å². The van der Waals surface area contributed by atoms with Gasteiger partial charge in [0.1, 0.15) is 0 Å². The average molecular weight is 294 g/mol. The van der Waals surface area contributed by atoms with Gasteiger partial charge in [0.2, 0.25) is 5.91 Å². The maximum absolute atomic E-state index is 12.2. The van der Waals surface area contributed by atoms with Crippen LogP contribution in [0, 0.1) is 5.92 Å². The first-order valence-corrected chi connectivity index (χ1v) is 8.69. The van der Waals surface area contributed by atoms with Gasteiger partial charge in [-0.3, -0.25) is 9.69 Å². The molecule has 0 radical (unpaired) electrons. The standard InChI is InChI=1S/C16H26N2OS/c1-3-13(4-2)16(19)17-12-14(15-8-7-11-20-15)18-9-5-6-10-18/h7-8,11,13-14H,3-6,9-10,12H2,1-2H3,(H,17,19)/t14-/m0/s1. The zero-order valence-electron chi connectivity index (χ0n) is 12.6. The summed E-state index contributed by atoms with van der Waals surface area (Å²) in [6.45, 7) is 7.23. The van der Waals surface area contributed by atoms with Crippen molar-refractivity contribution in [3.63, 3.8) is 0 Å². The molecule has 0 bridgehead atoms. The predicted octanol–water partition coefficient (Wildman–Crippen LogP) is 3.44. The van der Waals surface area contributed by atoms with Crippen LogP contribution in [-0.2, 0) is 4.79 Å². The highest BCUT2D eigenvalue weighted by Crippen LogP contribution is 2.27. The number of nitrogens with zero attached hydrogens (tertiary/aromatic N) is 1. The van der Waals surface area contributed by atoms with Crippen LogP contribution in [0.5, 0.6) is 0 Å². The summed E-state index contributed by atoms with van der Waals surface area (Å²) in [5.74, 6) is 0.383. The van der Waals surface area contributed by atoms with Gasteiger partial charge in [-0.25, -0.2) is 0 Å². The molecule has 1 aliphatic heterocycles. The van der Waals surface area contributed by atoms with Crippen LogP contribution in [0.1, 0.15) is 50.4 Å². The second kappa shape index (κ2) is 7.79. The molecule has 1 amide bonds. The van der Waals surface area contributed by atoms with Crippen LogP contribution in [0.2, 0.25) is 0 Å². The summed E-state index contributed by atoms with van der Waals surface area (Å²) >= 11 is 1.80. The Morgan fingerprint density at radius 1 is 1.35 bits per heavy atom. The summed E-state index contributed by atoms with van der Waals surface area (Å²) in [5, 5.41) is 5.30. The molecule has 112 valence electrons. The van der Waals surface area contributed by atoms with E-state index in [9.17, 15) is 4.79 Å². The smallest absolute Gasteiger partial charge is 0.223 e. The van der Waals surface area contributed by atoms with Crippen LogP contribution >= 0.6 is 11.3 Å². The summed E-state index contributed by atoms with van der Waals surface area (Å²) in [5.41, 5.74) is 0. The van der Waals surface area contributed by atoms with Gasteiger partial charge in [0.15, 0.2) is 0 Å². The predicted molar refractivity (Wildman–Crippen MR) is 84.9 cm³/mol. The highest BCUT2D eigenvalue weighted by atomic mass is 32.1. The Balaban J connectivity index is 1.96. The van der Waals surface area contributed by atoms with Gasteiger partial charge in [-0.15, -0.1) is 11.3 Å². The van der Waals surface area contributed by atoms with Crippen molar-refractivity contribution in [1.29, 1.82) is 0 Å². The lowest BCUT2D eigenvalue weighted by Gasteiger charge is -2.27. The van der Waals surface area contributed by atoms with E-state index in [0.717, 1.165) is 32.5 Å². The van der Waals surface area contributed by atoms with Gasteiger partial charge >= 0.3 is 0 Å². The van der Waals surface area contributed by atoms with Crippen LogP contribution in [-0.4, -0.2) is 30.4 Å². The summed E-state index contributed by atoms with van der Waals surface area (Å²) in [6.07, 6.45) is 4.41. The SMILES string of the molecule is CCC(CC)C(=O)NC[C@@H](c1cccs1)N1CCCC1. The number of carbonyl (C=O) groups excluding carboxylic acids is 1. The number of thiophene rings is 1. The highest BCUT2D eigenvalue weighted by molar-refractivity contribution is 7.10. The Kier molecular flexibility index (Phi) is 6.05. The number of hydrogen-bond acceptors (Lipinski definition) is 3. The highest BCUT2D eigenvalue weighted by Gasteiger charge is 2.25. The summed E-state index contributed by atoms with van der Waals surface area (Å²) in [6, 6.07) is 4.65. The number of carbonyl (C=O) groups is 1. The number of hydrogen-bond donors (Lipinski definition) is 1. The molecule has 2 rings (SSSR count). The zero-order valence-corrected chi connectivity index (χ0v) is 13.4. The van der Waals surface area contributed by atoms with Crippen molar-refractivity contribution in [3.8, 4) is 0 Å². The van der Waals surface area contributed by atoms with Gasteiger partial charge in [-0.05, 0) is 50.2 Å². The number of rotatable bonds is 7. The van der Waals surface area contributed by atoms with Gasteiger partial charge in [0.05, 0.1) is 6.04 Å². The molecule has 1 saturated heterocycles. The van der Waals surface area contributed by atoms with E-state index >= 15 is 0 Å². The van der Waals surface area contributed by atoms with Gasteiger partial charge in [0, 0.05) is 17.3 Å². The van der Waals surface area contributed by atoms with E-state index in [1.807, 2.05) is 0 Å². The second-order valence-electron chi connectivity index (χ2n) is 5.53. The zero-order chi connectivity index (χ0) is 14.4. The molecule has 3 nitrogen and oxygen atoms in total. The topological polar surface area (TPSA) is 32.3 Å². The third kappa shape index (κ3) is 3.83. The van der Waals surface area contributed by atoms with Crippen LogP contribution in [0.15, 0.2) is 17.5 Å². The third-order valence-corrected chi connectivity index (χ3v) is 5.25. The van der Waals surface area contributed by atoms with Gasteiger partial charge in [0.25, 0.3) is 0 Å². The fourth-order valence-electron chi connectivity index (χ4n) is 2.94. The van der Waals surface area contributed by atoms with Crippen LogP contribution in [0.25, 0.3) is 0 Å². The van der Waals surface area contributed by atoms with Crippen molar-refractivity contribution in [2.24, 2.45) is 5.92 Å². The molecule has 0 saturated carbocycles. The lowest BCUT2D eigenvalue weighted by atomic mass is 10.0. The van der Waals surface area contributed by atoms with E-state index in [1.165, 1.54) is 17.7 Å². The Morgan fingerprint density at radius 3 is 2.60 bits per heavy atom. The van der Waals surface area contributed by atoms with Crippen molar-refractivity contribution >= 4 is 17.2 Å². The monoisotopic (exact) mass is 294 g/mol. The average Bonchev–Trinajstić information content (AvgIpc) is 3.13. The van der Waals surface area contributed by atoms with Gasteiger partial charge in [-0.1, -0.05) is 19.9 Å². The van der Waals surface area contributed by atoms with Crippen LogP contribution < -0.4 is 5.32 Å². The molecule has 0 unspecified atom stereocenters. The van der Waals surface area contributed by atoms with E-state index in [-0.39, 0.29) is 11.8 Å². The first-order chi connectivity index (χ1) is 9.76. The van der Waals surface area contributed by atoms with E-state index in [2.05, 4.69) is 41.6 Å². The minimum atomic E-state index is 0.164. The first kappa shape index (κ1) is 15.5. The lowest BCUT2D eigenvalue weighted by molar-refractivity contribution is -0.125. The molecule has 1 atom stereocenters. The molecule has 1 aliphatic rings. The van der Waals surface area contributed by atoms with Crippen molar-refractivity contribution in [3.05, 3.63) is 22.4 Å². The molecule has 0 spiro atoms. The molecule has 1 aromatic heterocycles.